The first-order valence-corrected chi connectivity index (χ1v) is 6.44. The first kappa shape index (κ1) is 15.4. The van der Waals surface area contributed by atoms with Gasteiger partial charge in [-0.15, -0.1) is 0 Å². The monoisotopic (exact) mass is 230 g/mol. The van der Waals surface area contributed by atoms with Gasteiger partial charge in [0.2, 0.25) is 0 Å². The van der Waals surface area contributed by atoms with E-state index in [0.717, 1.165) is 19.3 Å². The lowest BCUT2D eigenvalue weighted by Crippen LogP contribution is -2.44. The van der Waals surface area contributed by atoms with Crippen molar-refractivity contribution >= 4 is 5.97 Å². The van der Waals surface area contributed by atoms with Gasteiger partial charge >= 0.3 is 5.97 Å². The van der Waals surface area contributed by atoms with E-state index in [1.165, 1.54) is 12.8 Å². The molecule has 0 fully saturated rings. The van der Waals surface area contributed by atoms with E-state index >= 15 is 0 Å². The van der Waals surface area contributed by atoms with Gasteiger partial charge < -0.3 is 10.2 Å². The van der Waals surface area contributed by atoms with Crippen molar-refractivity contribution in [2.24, 2.45) is 5.92 Å². The molecule has 0 aromatic carbocycles. The van der Waals surface area contributed by atoms with Crippen molar-refractivity contribution in [3.05, 3.63) is 0 Å². The van der Waals surface area contributed by atoms with Gasteiger partial charge in [0, 0.05) is 0 Å². The Morgan fingerprint density at radius 1 is 1.19 bits per heavy atom. The largest absolute Gasteiger partial charge is 0.479 e. The molecule has 0 aromatic heterocycles. The second-order valence-corrected chi connectivity index (χ2v) is 4.73. The number of carboxylic acids is 1. The molecule has 0 saturated carbocycles. The van der Waals surface area contributed by atoms with E-state index in [9.17, 15) is 9.90 Å². The number of carboxylic acid groups (broad SMARTS) is 1. The molecule has 0 saturated heterocycles. The molecule has 0 aromatic rings. The van der Waals surface area contributed by atoms with Crippen LogP contribution in [0.15, 0.2) is 0 Å². The first-order valence-electron chi connectivity index (χ1n) is 6.44. The Kier molecular flexibility index (Phi) is 7.39. The van der Waals surface area contributed by atoms with Crippen LogP contribution in [0.5, 0.6) is 0 Å². The van der Waals surface area contributed by atoms with Gasteiger partial charge in [-0.2, -0.15) is 0 Å². The first-order chi connectivity index (χ1) is 7.49. The zero-order valence-corrected chi connectivity index (χ0v) is 10.8. The van der Waals surface area contributed by atoms with Crippen molar-refractivity contribution in [2.75, 3.05) is 0 Å². The normalized spacial score (nSPS) is 16.8. The third-order valence-electron chi connectivity index (χ3n) is 3.31. The number of hydrogen-bond acceptors (Lipinski definition) is 2. The van der Waals surface area contributed by atoms with E-state index in [-0.39, 0.29) is 5.92 Å². The van der Waals surface area contributed by atoms with Crippen molar-refractivity contribution in [2.45, 2.75) is 71.3 Å². The Morgan fingerprint density at radius 3 is 2.25 bits per heavy atom. The molecule has 0 spiro atoms. The number of rotatable bonds is 9. The predicted octanol–water partition coefficient (Wildman–Crippen LogP) is 3.21. The molecule has 3 nitrogen and oxygen atoms in total. The molecule has 0 aliphatic heterocycles. The van der Waals surface area contributed by atoms with Crippen molar-refractivity contribution in [1.29, 1.82) is 0 Å². The van der Waals surface area contributed by atoms with Crippen LogP contribution < -0.4 is 0 Å². The average Bonchev–Trinajstić information content (AvgIpc) is 2.24. The van der Waals surface area contributed by atoms with Crippen molar-refractivity contribution in [3.8, 4) is 0 Å². The van der Waals surface area contributed by atoms with E-state index in [1.54, 1.807) is 0 Å². The minimum atomic E-state index is -1.53. The van der Waals surface area contributed by atoms with E-state index in [2.05, 4.69) is 6.92 Å². The fraction of sp³-hybridized carbons (Fsp3) is 0.923. The highest BCUT2D eigenvalue weighted by Crippen LogP contribution is 2.28. The fourth-order valence-electron chi connectivity index (χ4n) is 2.06. The number of aliphatic hydroxyl groups is 1. The molecule has 2 unspecified atom stereocenters. The van der Waals surface area contributed by atoms with Crippen LogP contribution in [-0.4, -0.2) is 21.8 Å². The smallest absolute Gasteiger partial charge is 0.335 e. The van der Waals surface area contributed by atoms with Gasteiger partial charge in [-0.25, -0.2) is 4.79 Å². The van der Waals surface area contributed by atoms with Crippen LogP contribution >= 0.6 is 0 Å². The Labute approximate surface area is 98.9 Å². The fourth-order valence-corrected chi connectivity index (χ4v) is 2.06. The van der Waals surface area contributed by atoms with E-state index in [1.807, 2.05) is 13.8 Å². The Balaban J connectivity index is 4.17. The standard InChI is InChI=1S/C13H26O3/c1-4-6-7-8-9-11(3)13(16,10-5-2)12(14)15/h11,16H,4-10H2,1-3H3,(H,14,15). The number of aliphatic carboxylic acids is 1. The van der Waals surface area contributed by atoms with Crippen LogP contribution in [0.4, 0.5) is 0 Å². The lowest BCUT2D eigenvalue weighted by molar-refractivity contribution is -0.165. The molecule has 2 atom stereocenters. The van der Waals surface area contributed by atoms with Gasteiger partial charge in [-0.1, -0.05) is 52.9 Å². The summed E-state index contributed by atoms with van der Waals surface area (Å²) < 4.78 is 0. The molecule has 0 radical (unpaired) electrons. The maximum absolute atomic E-state index is 11.1. The van der Waals surface area contributed by atoms with Crippen LogP contribution in [-0.2, 0) is 4.79 Å². The maximum Gasteiger partial charge on any atom is 0.335 e. The Hall–Kier alpha value is -0.570. The van der Waals surface area contributed by atoms with Gasteiger partial charge in [0.05, 0.1) is 0 Å². The summed E-state index contributed by atoms with van der Waals surface area (Å²) >= 11 is 0. The van der Waals surface area contributed by atoms with Crippen LogP contribution in [0.1, 0.15) is 65.7 Å². The topological polar surface area (TPSA) is 57.5 Å². The molecule has 2 N–H and O–H groups in total. The highest BCUT2D eigenvalue weighted by molar-refractivity contribution is 5.77. The summed E-state index contributed by atoms with van der Waals surface area (Å²) in [5.74, 6) is -1.24. The summed E-state index contributed by atoms with van der Waals surface area (Å²) in [5, 5.41) is 19.2. The Morgan fingerprint density at radius 2 is 1.81 bits per heavy atom. The van der Waals surface area contributed by atoms with E-state index in [0.29, 0.717) is 12.8 Å². The van der Waals surface area contributed by atoms with Crippen LogP contribution in [0.3, 0.4) is 0 Å². The van der Waals surface area contributed by atoms with Gasteiger partial charge in [-0.3, -0.25) is 0 Å². The number of unbranched alkanes of at least 4 members (excludes halogenated alkanes) is 3. The van der Waals surface area contributed by atoms with Gasteiger partial charge in [0.1, 0.15) is 0 Å². The van der Waals surface area contributed by atoms with Crippen LogP contribution in [0.2, 0.25) is 0 Å². The molecule has 16 heavy (non-hydrogen) atoms. The Bertz CT molecular complexity index is 203. The lowest BCUT2D eigenvalue weighted by Gasteiger charge is -2.29. The zero-order valence-electron chi connectivity index (χ0n) is 10.8. The molecular weight excluding hydrogens is 204 g/mol. The minimum Gasteiger partial charge on any atom is -0.479 e. The molecule has 0 rings (SSSR count). The highest BCUT2D eigenvalue weighted by Gasteiger charge is 2.40. The minimum absolute atomic E-state index is 0.165. The summed E-state index contributed by atoms with van der Waals surface area (Å²) in [7, 11) is 0. The molecule has 0 aliphatic rings. The van der Waals surface area contributed by atoms with Crippen LogP contribution in [0.25, 0.3) is 0 Å². The number of hydrogen-bond donors (Lipinski definition) is 2. The molecule has 0 heterocycles. The highest BCUT2D eigenvalue weighted by atomic mass is 16.4. The quantitative estimate of drug-likeness (QED) is 0.598. The van der Waals surface area contributed by atoms with E-state index in [4.69, 9.17) is 5.11 Å². The molecule has 3 heteroatoms. The maximum atomic E-state index is 11.1. The SMILES string of the molecule is CCCCCCC(C)C(O)(CCC)C(=O)O. The summed E-state index contributed by atoms with van der Waals surface area (Å²) in [6.07, 6.45) is 6.33. The average molecular weight is 230 g/mol. The zero-order chi connectivity index (χ0) is 12.6. The third kappa shape index (κ3) is 4.52. The van der Waals surface area contributed by atoms with Crippen LogP contribution in [0, 0.1) is 5.92 Å². The van der Waals surface area contributed by atoms with Crippen molar-refractivity contribution < 1.29 is 15.0 Å². The lowest BCUT2D eigenvalue weighted by atomic mass is 9.81. The van der Waals surface area contributed by atoms with Gasteiger partial charge in [0.15, 0.2) is 5.60 Å². The molecule has 96 valence electrons. The molecular formula is C13H26O3. The van der Waals surface area contributed by atoms with Crippen molar-refractivity contribution in [3.63, 3.8) is 0 Å². The van der Waals surface area contributed by atoms with Crippen molar-refractivity contribution in [1.82, 2.24) is 0 Å². The second-order valence-electron chi connectivity index (χ2n) is 4.73. The molecule has 0 amide bonds. The summed E-state index contributed by atoms with van der Waals surface area (Å²) in [5.41, 5.74) is -1.53. The molecule has 0 aliphatic carbocycles. The third-order valence-corrected chi connectivity index (χ3v) is 3.31. The molecule has 0 bridgehead atoms. The number of carbonyl (C=O) groups is 1. The van der Waals surface area contributed by atoms with Gasteiger partial charge in [0.25, 0.3) is 0 Å². The van der Waals surface area contributed by atoms with Gasteiger partial charge in [-0.05, 0) is 18.8 Å². The van der Waals surface area contributed by atoms with E-state index < -0.39 is 11.6 Å². The predicted molar refractivity (Wildman–Crippen MR) is 65.4 cm³/mol. The summed E-state index contributed by atoms with van der Waals surface area (Å²) in [6.45, 7) is 5.89. The summed E-state index contributed by atoms with van der Waals surface area (Å²) in [6, 6.07) is 0. The summed E-state index contributed by atoms with van der Waals surface area (Å²) in [4.78, 5) is 11.1. The second kappa shape index (κ2) is 7.66.